The van der Waals surface area contributed by atoms with Gasteiger partial charge in [0.05, 0.1) is 0 Å². The molecule has 4 rings (SSSR count). The third kappa shape index (κ3) is 1.70. The van der Waals surface area contributed by atoms with Crippen LogP contribution in [0.1, 0.15) is 35.2 Å². The predicted octanol–water partition coefficient (Wildman–Crippen LogP) is 2.76. The second-order valence-corrected chi connectivity index (χ2v) is 8.90. The third-order valence-corrected chi connectivity index (χ3v) is 9.09. The van der Waals surface area contributed by atoms with Crippen LogP contribution in [0.15, 0.2) is 31.1 Å². The van der Waals surface area contributed by atoms with E-state index in [-0.39, 0.29) is 0 Å². The second kappa shape index (κ2) is 4.69. The molecule has 1 saturated heterocycles. The molecular weight excluding hydrogens is 313 g/mol. The van der Waals surface area contributed by atoms with Crippen molar-refractivity contribution in [2.45, 2.75) is 41.4 Å². The molecule has 0 unspecified atom stereocenters. The van der Waals surface area contributed by atoms with Crippen LogP contribution in [0.5, 0.6) is 0 Å². The molecule has 1 aromatic heterocycles. The fourth-order valence-corrected chi connectivity index (χ4v) is 8.63. The minimum absolute atomic E-state index is 0.328. The van der Waals surface area contributed by atoms with Crippen LogP contribution in [0, 0.1) is 17.8 Å². The predicted molar refractivity (Wildman–Crippen MR) is 80.7 cm³/mol. The van der Waals surface area contributed by atoms with Crippen molar-refractivity contribution in [2.75, 3.05) is 0 Å². The van der Waals surface area contributed by atoms with E-state index in [2.05, 4.69) is 23.8 Å². The first-order chi connectivity index (χ1) is 9.74. The maximum atomic E-state index is 11.2. The molecule has 106 valence electrons. The zero-order valence-corrected chi connectivity index (χ0v) is 13.4. The number of aryl methyl sites for hydroxylation is 1. The minimum atomic E-state index is -0.437. The van der Waals surface area contributed by atoms with Crippen LogP contribution < -0.4 is 0 Å². The number of nitrogens with zero attached hydrogens (tertiary/aromatic N) is 1. The topological polar surface area (TPSA) is 33.1 Å². The summed E-state index contributed by atoms with van der Waals surface area (Å²) >= 11 is 0.498. The molecule has 0 bridgehead atoms. The van der Waals surface area contributed by atoms with Gasteiger partial charge in [-0.15, -0.1) is 0 Å². The number of fused-ring (bicyclic) bond motifs is 5. The van der Waals surface area contributed by atoms with Crippen molar-refractivity contribution in [2.24, 2.45) is 17.8 Å². The summed E-state index contributed by atoms with van der Waals surface area (Å²) in [5, 5.41) is 12.2. The van der Waals surface area contributed by atoms with Gasteiger partial charge in [0, 0.05) is 0 Å². The molecule has 1 saturated carbocycles. The van der Waals surface area contributed by atoms with Crippen LogP contribution in [-0.2, 0) is 6.42 Å². The summed E-state index contributed by atoms with van der Waals surface area (Å²) in [5.41, 5.74) is 2.56. The molecule has 0 aromatic carbocycles. The van der Waals surface area contributed by atoms with Crippen LogP contribution in [0.2, 0.25) is 5.32 Å². The van der Waals surface area contributed by atoms with E-state index < -0.39 is 5.60 Å². The summed E-state index contributed by atoms with van der Waals surface area (Å²) in [4.78, 5) is 5.00. The summed E-state index contributed by atoms with van der Waals surface area (Å²) in [7, 11) is 0. The van der Waals surface area contributed by atoms with E-state index in [0.717, 1.165) is 18.2 Å². The fraction of sp³-hybridized carbons (Fsp3) is 0.588. The number of aromatic nitrogens is 1. The summed E-state index contributed by atoms with van der Waals surface area (Å²) in [6, 6.07) is 2.23. The average molecular weight is 334 g/mol. The maximum absolute atomic E-state index is 11.2. The molecule has 2 aliphatic carbocycles. The number of rotatable bonds is 1. The SMILES string of the molecule is C=C[C@H]1CC[C@@H]2[C@H]3CCc4cnccc4[C@H]3[Se]C[C@@]21O. The molecule has 1 N–H and O–H groups in total. The van der Waals surface area contributed by atoms with Crippen molar-refractivity contribution >= 4 is 15.0 Å². The Morgan fingerprint density at radius 1 is 1.40 bits per heavy atom. The van der Waals surface area contributed by atoms with Gasteiger partial charge in [-0.25, -0.2) is 0 Å². The van der Waals surface area contributed by atoms with Crippen molar-refractivity contribution in [3.05, 3.63) is 42.2 Å². The van der Waals surface area contributed by atoms with Gasteiger partial charge in [0.25, 0.3) is 0 Å². The second-order valence-electron chi connectivity index (χ2n) is 6.53. The zero-order valence-electron chi connectivity index (χ0n) is 11.7. The fourth-order valence-electron chi connectivity index (χ4n) is 4.73. The molecule has 3 heteroatoms. The van der Waals surface area contributed by atoms with Gasteiger partial charge < -0.3 is 0 Å². The van der Waals surface area contributed by atoms with E-state index in [4.69, 9.17) is 0 Å². The van der Waals surface area contributed by atoms with E-state index in [1.54, 1.807) is 5.56 Å². The Balaban J connectivity index is 1.70. The first kappa shape index (κ1) is 13.1. The van der Waals surface area contributed by atoms with Crippen LogP contribution >= 0.6 is 0 Å². The molecule has 1 aliphatic heterocycles. The van der Waals surface area contributed by atoms with Gasteiger partial charge in [0.1, 0.15) is 0 Å². The van der Waals surface area contributed by atoms with E-state index in [1.807, 2.05) is 12.3 Å². The molecule has 20 heavy (non-hydrogen) atoms. The molecule has 5 atom stereocenters. The van der Waals surface area contributed by atoms with Crippen LogP contribution in [0.3, 0.4) is 0 Å². The van der Waals surface area contributed by atoms with Crippen LogP contribution in [0.4, 0.5) is 0 Å². The van der Waals surface area contributed by atoms with E-state index in [1.165, 1.54) is 18.4 Å². The van der Waals surface area contributed by atoms with Gasteiger partial charge in [-0.05, 0) is 0 Å². The van der Waals surface area contributed by atoms with Crippen molar-refractivity contribution in [3.63, 3.8) is 0 Å². The van der Waals surface area contributed by atoms with Crippen molar-refractivity contribution in [1.29, 1.82) is 0 Å². The molecule has 0 amide bonds. The average Bonchev–Trinajstić information content (AvgIpc) is 2.83. The number of hydrogen-bond donors (Lipinski definition) is 1. The Kier molecular flexibility index (Phi) is 3.06. The van der Waals surface area contributed by atoms with Gasteiger partial charge in [-0.3, -0.25) is 0 Å². The molecule has 2 heterocycles. The van der Waals surface area contributed by atoms with Crippen molar-refractivity contribution in [1.82, 2.24) is 4.98 Å². The Hall–Kier alpha value is -0.631. The number of aliphatic hydroxyl groups is 1. The first-order valence-corrected chi connectivity index (χ1v) is 9.83. The standard InChI is InChI=1S/C17H21NOSe/c1-2-12-4-6-15-14-5-3-11-9-18-8-7-13(11)16(14)20-10-17(12,15)19/h2,7-9,12,14-16,19H,1,3-6,10H2/t12-,14+,15+,16+,17-/m0/s1. The Labute approximate surface area is 126 Å². The summed E-state index contributed by atoms with van der Waals surface area (Å²) in [6.45, 7) is 3.96. The van der Waals surface area contributed by atoms with Gasteiger partial charge in [0.15, 0.2) is 0 Å². The molecular formula is C17H21NOSe. The molecule has 0 radical (unpaired) electrons. The first-order valence-electron chi connectivity index (χ1n) is 7.63. The molecule has 0 spiro atoms. The summed E-state index contributed by atoms with van der Waals surface area (Å²) in [6.07, 6.45) is 10.7. The van der Waals surface area contributed by atoms with Crippen LogP contribution in [0.25, 0.3) is 0 Å². The van der Waals surface area contributed by atoms with Crippen molar-refractivity contribution in [3.8, 4) is 0 Å². The van der Waals surface area contributed by atoms with Gasteiger partial charge in [-0.1, -0.05) is 0 Å². The molecule has 2 nitrogen and oxygen atoms in total. The van der Waals surface area contributed by atoms with E-state index >= 15 is 0 Å². The van der Waals surface area contributed by atoms with Crippen molar-refractivity contribution < 1.29 is 5.11 Å². The quantitative estimate of drug-likeness (QED) is 0.633. The normalized spacial score (nSPS) is 42.5. The number of hydrogen-bond acceptors (Lipinski definition) is 2. The molecule has 3 aliphatic rings. The Morgan fingerprint density at radius 2 is 2.30 bits per heavy atom. The van der Waals surface area contributed by atoms with Gasteiger partial charge >= 0.3 is 126 Å². The van der Waals surface area contributed by atoms with E-state index in [0.29, 0.717) is 37.5 Å². The third-order valence-electron chi connectivity index (χ3n) is 5.75. The Morgan fingerprint density at radius 3 is 3.15 bits per heavy atom. The van der Waals surface area contributed by atoms with E-state index in [9.17, 15) is 5.11 Å². The Bertz CT molecular complexity index is 546. The summed E-state index contributed by atoms with van der Waals surface area (Å²) in [5.74, 6) is 1.51. The summed E-state index contributed by atoms with van der Waals surface area (Å²) < 4.78 is 0. The molecule has 1 aromatic rings. The van der Waals surface area contributed by atoms with Gasteiger partial charge in [0.2, 0.25) is 0 Å². The monoisotopic (exact) mass is 335 g/mol. The zero-order chi connectivity index (χ0) is 13.7. The molecule has 2 fully saturated rings. The number of pyridine rings is 1. The van der Waals surface area contributed by atoms with Crippen LogP contribution in [-0.4, -0.2) is 30.6 Å². The van der Waals surface area contributed by atoms with Gasteiger partial charge in [-0.2, -0.15) is 0 Å².